The summed E-state index contributed by atoms with van der Waals surface area (Å²) in [5, 5.41) is 7.28. The van der Waals surface area contributed by atoms with Gasteiger partial charge in [0.1, 0.15) is 0 Å². The molecule has 2 aromatic heterocycles. The number of hydrogen-bond acceptors (Lipinski definition) is 8. The summed E-state index contributed by atoms with van der Waals surface area (Å²) in [5.41, 5.74) is 7.82. The fourth-order valence-corrected chi connectivity index (χ4v) is 6.48. The van der Waals surface area contributed by atoms with Crippen LogP contribution in [0.1, 0.15) is 12.8 Å². The van der Waals surface area contributed by atoms with Gasteiger partial charge in [-0.25, -0.2) is 9.97 Å². The topological polar surface area (TPSA) is 96.2 Å². The fraction of sp³-hybridized carbons (Fsp3) is 0.375. The molecule has 16 heteroatoms. The lowest BCUT2D eigenvalue weighted by atomic mass is 10.2. The van der Waals surface area contributed by atoms with Crippen molar-refractivity contribution in [2.45, 2.75) is 31.1 Å². The SMILES string of the molecule is Cl.Clc1ccc2nc(Cl)sc2c1.NC1CCN(c2nc3ccc(Cl)cc3s2)C1.O=C(NC1CCNC1)C(F)(F)F. The van der Waals surface area contributed by atoms with Gasteiger partial charge in [-0.2, -0.15) is 13.2 Å². The van der Waals surface area contributed by atoms with Gasteiger partial charge < -0.3 is 21.3 Å². The van der Waals surface area contributed by atoms with Gasteiger partial charge in [-0.15, -0.1) is 23.7 Å². The zero-order valence-electron chi connectivity index (χ0n) is 20.7. The Labute approximate surface area is 257 Å². The van der Waals surface area contributed by atoms with Crippen LogP contribution < -0.4 is 21.3 Å². The molecular formula is C24H25Cl4F3N6OS2. The van der Waals surface area contributed by atoms with Crippen molar-refractivity contribution in [2.24, 2.45) is 5.73 Å². The van der Waals surface area contributed by atoms with E-state index < -0.39 is 12.1 Å². The van der Waals surface area contributed by atoms with Crippen molar-refractivity contribution in [1.29, 1.82) is 0 Å². The third-order valence-corrected chi connectivity index (χ3v) is 8.48. The standard InChI is InChI=1S/C11H12ClN3S.C7H3Cl2NS.C6H9F3N2O.ClH/c12-7-1-2-9-10(5-7)16-11(14-9)15-4-3-8(13)6-15;8-4-1-2-5-6(3-4)11-7(9)10-5;7-6(8,9)5(12)11-4-1-2-10-3-4;/h1-2,5,8H,3-4,6,13H2;1-3H;4,10H,1-3H2,(H,11,12);1H. The summed E-state index contributed by atoms with van der Waals surface area (Å²) in [6.07, 6.45) is -3.15. The monoisotopic (exact) mass is 674 g/mol. The lowest BCUT2D eigenvalue weighted by Crippen LogP contribution is -2.43. The van der Waals surface area contributed by atoms with Crippen LogP contribution in [0.2, 0.25) is 14.5 Å². The molecule has 2 aromatic carbocycles. The Morgan fingerprint density at radius 1 is 1.02 bits per heavy atom. The zero-order chi connectivity index (χ0) is 28.2. The van der Waals surface area contributed by atoms with Crippen LogP contribution in [0.15, 0.2) is 36.4 Å². The minimum Gasteiger partial charge on any atom is -0.346 e. The van der Waals surface area contributed by atoms with Gasteiger partial charge in [-0.3, -0.25) is 4.79 Å². The maximum absolute atomic E-state index is 11.7. The molecule has 7 nitrogen and oxygen atoms in total. The zero-order valence-corrected chi connectivity index (χ0v) is 25.4. The number of benzene rings is 2. The number of nitrogens with two attached hydrogens (primary N) is 1. The molecule has 1 amide bonds. The van der Waals surface area contributed by atoms with E-state index in [0.29, 0.717) is 24.0 Å². The van der Waals surface area contributed by atoms with Crippen LogP contribution >= 0.6 is 69.9 Å². The van der Waals surface area contributed by atoms with Gasteiger partial charge >= 0.3 is 12.1 Å². The molecule has 0 radical (unpaired) electrons. The van der Waals surface area contributed by atoms with E-state index in [4.69, 9.17) is 40.5 Å². The predicted octanol–water partition coefficient (Wildman–Crippen LogP) is 6.54. The van der Waals surface area contributed by atoms with E-state index in [1.165, 1.54) is 11.3 Å². The highest BCUT2D eigenvalue weighted by Crippen LogP contribution is 2.32. The first-order chi connectivity index (χ1) is 18.5. The van der Waals surface area contributed by atoms with Crippen molar-refractivity contribution in [1.82, 2.24) is 20.6 Å². The number of aromatic nitrogens is 2. The maximum atomic E-state index is 11.7. The number of fused-ring (bicyclic) bond motifs is 2. The van der Waals surface area contributed by atoms with E-state index in [-0.39, 0.29) is 24.5 Å². The maximum Gasteiger partial charge on any atom is 0.471 e. The highest BCUT2D eigenvalue weighted by Gasteiger charge is 2.39. The fourth-order valence-electron chi connectivity index (χ4n) is 3.90. The molecule has 218 valence electrons. The van der Waals surface area contributed by atoms with Crippen LogP contribution in [-0.4, -0.2) is 60.3 Å². The second-order valence-corrected chi connectivity index (χ2v) is 12.3. The molecule has 2 atom stereocenters. The number of thiazole rings is 2. The molecule has 2 saturated heterocycles. The molecule has 0 aliphatic carbocycles. The quantitative estimate of drug-likeness (QED) is 0.223. The number of hydrogen-bond donors (Lipinski definition) is 3. The Morgan fingerprint density at radius 2 is 1.65 bits per heavy atom. The molecule has 2 aliphatic rings. The number of rotatable bonds is 2. The van der Waals surface area contributed by atoms with Crippen molar-refractivity contribution >= 4 is 101 Å². The first-order valence-corrected chi connectivity index (χ1v) is 14.6. The lowest BCUT2D eigenvalue weighted by molar-refractivity contribution is -0.174. The number of carbonyl (C=O) groups is 1. The van der Waals surface area contributed by atoms with Gasteiger partial charge in [0.25, 0.3) is 0 Å². The van der Waals surface area contributed by atoms with Gasteiger partial charge in [0.2, 0.25) is 0 Å². The van der Waals surface area contributed by atoms with Crippen LogP contribution in [0.3, 0.4) is 0 Å². The molecule has 2 aliphatic heterocycles. The Morgan fingerprint density at radius 3 is 2.20 bits per heavy atom. The first-order valence-electron chi connectivity index (χ1n) is 11.8. The summed E-state index contributed by atoms with van der Waals surface area (Å²) >= 11 is 20.5. The number of anilines is 1. The highest BCUT2D eigenvalue weighted by molar-refractivity contribution is 7.22. The smallest absolute Gasteiger partial charge is 0.346 e. The second-order valence-electron chi connectivity index (χ2n) is 8.84. The molecule has 2 fully saturated rings. The van der Waals surface area contributed by atoms with Crippen molar-refractivity contribution in [3.05, 3.63) is 50.9 Å². The van der Waals surface area contributed by atoms with E-state index in [1.807, 2.05) is 35.6 Å². The normalized spacial score (nSPS) is 18.5. The van der Waals surface area contributed by atoms with Gasteiger partial charge in [-0.05, 0) is 55.8 Å². The molecule has 0 saturated carbocycles. The van der Waals surface area contributed by atoms with Crippen molar-refractivity contribution in [3.63, 3.8) is 0 Å². The molecule has 2 unspecified atom stereocenters. The molecule has 6 rings (SSSR count). The molecular weight excluding hydrogens is 651 g/mol. The number of carbonyl (C=O) groups excluding carboxylic acids is 1. The summed E-state index contributed by atoms with van der Waals surface area (Å²) in [6.45, 7) is 2.99. The largest absolute Gasteiger partial charge is 0.471 e. The number of amides is 1. The number of halogens is 7. The van der Waals surface area contributed by atoms with E-state index in [1.54, 1.807) is 17.4 Å². The summed E-state index contributed by atoms with van der Waals surface area (Å²) in [4.78, 5) is 21.3. The average Bonchev–Trinajstić information content (AvgIpc) is 3.65. The average molecular weight is 676 g/mol. The summed E-state index contributed by atoms with van der Waals surface area (Å²) in [6, 6.07) is 11.3. The molecule has 0 spiro atoms. The van der Waals surface area contributed by atoms with Gasteiger partial charge in [0, 0.05) is 41.8 Å². The molecule has 4 heterocycles. The van der Waals surface area contributed by atoms with Crippen LogP contribution in [-0.2, 0) is 4.79 Å². The number of nitrogens with one attached hydrogen (secondary N) is 2. The van der Waals surface area contributed by atoms with Gasteiger partial charge in [-0.1, -0.05) is 46.1 Å². The van der Waals surface area contributed by atoms with Crippen LogP contribution in [0.4, 0.5) is 18.3 Å². The minimum absolute atomic E-state index is 0. The van der Waals surface area contributed by atoms with E-state index >= 15 is 0 Å². The second kappa shape index (κ2) is 14.5. The van der Waals surface area contributed by atoms with E-state index in [2.05, 4.69) is 20.2 Å². The Hall–Kier alpha value is -1.64. The van der Waals surface area contributed by atoms with Gasteiger partial charge in [0.15, 0.2) is 9.60 Å². The first kappa shape index (κ1) is 32.9. The summed E-state index contributed by atoms with van der Waals surface area (Å²) < 4.78 is 37.7. The molecule has 0 bridgehead atoms. The number of alkyl halides is 3. The van der Waals surface area contributed by atoms with Crippen LogP contribution in [0, 0.1) is 0 Å². The van der Waals surface area contributed by atoms with Crippen molar-refractivity contribution in [2.75, 3.05) is 31.1 Å². The third-order valence-electron chi connectivity index (χ3n) is 5.81. The lowest BCUT2D eigenvalue weighted by Gasteiger charge is -2.12. The Bertz CT molecular complexity index is 1430. The Kier molecular flexibility index (Phi) is 11.9. The van der Waals surface area contributed by atoms with Gasteiger partial charge in [0.05, 0.1) is 20.4 Å². The molecule has 40 heavy (non-hydrogen) atoms. The summed E-state index contributed by atoms with van der Waals surface area (Å²) in [7, 11) is 0. The van der Waals surface area contributed by atoms with Crippen LogP contribution in [0.25, 0.3) is 20.4 Å². The van der Waals surface area contributed by atoms with E-state index in [0.717, 1.165) is 55.1 Å². The Balaban J connectivity index is 0.000000167. The molecule has 4 aromatic rings. The minimum atomic E-state index is -4.76. The molecule has 4 N–H and O–H groups in total. The highest BCUT2D eigenvalue weighted by atomic mass is 35.5. The van der Waals surface area contributed by atoms with Crippen LogP contribution in [0.5, 0.6) is 0 Å². The summed E-state index contributed by atoms with van der Waals surface area (Å²) in [5.74, 6) is -1.85. The van der Waals surface area contributed by atoms with Crippen molar-refractivity contribution < 1.29 is 18.0 Å². The van der Waals surface area contributed by atoms with Crippen molar-refractivity contribution in [3.8, 4) is 0 Å². The number of nitrogens with zero attached hydrogens (tertiary/aromatic N) is 3. The third kappa shape index (κ3) is 9.18. The predicted molar refractivity (Wildman–Crippen MR) is 162 cm³/mol. The van der Waals surface area contributed by atoms with E-state index in [9.17, 15) is 18.0 Å².